The molecule has 5 nitrogen and oxygen atoms in total. The molecule has 1 heterocycles. The Bertz CT molecular complexity index is 590. The second kappa shape index (κ2) is 6.05. The van der Waals surface area contributed by atoms with Crippen LogP contribution in [0.5, 0.6) is 0 Å². The molecule has 0 aliphatic rings. The number of para-hydroxylation sites is 1. The first-order valence-corrected chi connectivity index (χ1v) is 6.80. The van der Waals surface area contributed by atoms with Crippen LogP contribution in [0.3, 0.4) is 0 Å². The first-order valence-electron chi connectivity index (χ1n) is 6.80. The van der Waals surface area contributed by atoms with Crippen LogP contribution in [0.4, 0.5) is 0 Å². The molecule has 108 valence electrons. The SMILES string of the molecule is CC(C)(CCO)CNC(=O)Cn1ncc2ccccc21. The highest BCUT2D eigenvalue weighted by molar-refractivity contribution is 5.81. The number of hydrogen-bond donors (Lipinski definition) is 2. The van der Waals surface area contributed by atoms with Crippen molar-refractivity contribution in [3.05, 3.63) is 30.5 Å². The molecule has 0 spiro atoms. The quantitative estimate of drug-likeness (QED) is 0.840. The predicted molar refractivity (Wildman–Crippen MR) is 78.2 cm³/mol. The van der Waals surface area contributed by atoms with Gasteiger partial charge in [0.05, 0.1) is 11.7 Å². The molecule has 0 bridgehead atoms. The van der Waals surface area contributed by atoms with Crippen molar-refractivity contribution in [2.24, 2.45) is 5.41 Å². The summed E-state index contributed by atoms with van der Waals surface area (Å²) in [6.07, 6.45) is 2.43. The molecule has 5 heteroatoms. The molecule has 20 heavy (non-hydrogen) atoms. The van der Waals surface area contributed by atoms with Crippen LogP contribution in [0.25, 0.3) is 10.9 Å². The van der Waals surface area contributed by atoms with Crippen LogP contribution in [0.1, 0.15) is 20.3 Å². The molecule has 1 aromatic heterocycles. The van der Waals surface area contributed by atoms with E-state index in [0.717, 1.165) is 10.9 Å². The zero-order valence-corrected chi connectivity index (χ0v) is 12.0. The van der Waals surface area contributed by atoms with Gasteiger partial charge in [-0.25, -0.2) is 0 Å². The molecule has 0 saturated carbocycles. The summed E-state index contributed by atoms with van der Waals surface area (Å²) in [4.78, 5) is 12.0. The van der Waals surface area contributed by atoms with Gasteiger partial charge < -0.3 is 10.4 Å². The van der Waals surface area contributed by atoms with Crippen molar-refractivity contribution in [3.8, 4) is 0 Å². The van der Waals surface area contributed by atoms with E-state index in [0.29, 0.717) is 13.0 Å². The Morgan fingerprint density at radius 1 is 1.40 bits per heavy atom. The Morgan fingerprint density at radius 3 is 2.90 bits per heavy atom. The number of nitrogens with one attached hydrogen (secondary N) is 1. The third-order valence-electron chi connectivity index (χ3n) is 3.40. The van der Waals surface area contributed by atoms with E-state index in [1.807, 2.05) is 38.1 Å². The van der Waals surface area contributed by atoms with Gasteiger partial charge in [0.25, 0.3) is 0 Å². The largest absolute Gasteiger partial charge is 0.396 e. The van der Waals surface area contributed by atoms with Gasteiger partial charge in [-0.15, -0.1) is 0 Å². The number of nitrogens with zero attached hydrogens (tertiary/aromatic N) is 2. The number of fused-ring (bicyclic) bond motifs is 1. The van der Waals surface area contributed by atoms with E-state index < -0.39 is 0 Å². The summed E-state index contributed by atoms with van der Waals surface area (Å²) in [5.41, 5.74) is 0.855. The fourth-order valence-corrected chi connectivity index (χ4v) is 2.07. The molecule has 0 unspecified atom stereocenters. The Morgan fingerprint density at radius 2 is 2.15 bits per heavy atom. The molecule has 0 saturated heterocycles. The number of amides is 1. The minimum Gasteiger partial charge on any atom is -0.396 e. The maximum atomic E-state index is 12.0. The normalized spacial score (nSPS) is 11.8. The van der Waals surface area contributed by atoms with E-state index in [-0.39, 0.29) is 24.5 Å². The Hall–Kier alpha value is -1.88. The fraction of sp³-hybridized carbons (Fsp3) is 0.467. The minimum absolute atomic E-state index is 0.0649. The highest BCUT2D eigenvalue weighted by Gasteiger charge is 2.18. The van der Waals surface area contributed by atoms with Crippen molar-refractivity contribution >= 4 is 16.8 Å². The summed E-state index contributed by atoms with van der Waals surface area (Å²) < 4.78 is 1.70. The molecule has 0 aliphatic carbocycles. The third kappa shape index (κ3) is 3.57. The number of hydrogen-bond acceptors (Lipinski definition) is 3. The number of benzene rings is 1. The lowest BCUT2D eigenvalue weighted by Crippen LogP contribution is -2.36. The summed E-state index contributed by atoms with van der Waals surface area (Å²) in [5, 5.41) is 17.1. The number of aliphatic hydroxyl groups excluding tert-OH is 1. The Kier molecular flexibility index (Phi) is 4.39. The summed E-state index contributed by atoms with van der Waals surface area (Å²) in [6.45, 7) is 4.93. The maximum Gasteiger partial charge on any atom is 0.241 e. The molecule has 0 radical (unpaired) electrons. The van der Waals surface area contributed by atoms with E-state index in [1.165, 1.54) is 0 Å². The topological polar surface area (TPSA) is 67.2 Å². The highest BCUT2D eigenvalue weighted by Crippen LogP contribution is 2.18. The monoisotopic (exact) mass is 275 g/mol. The van der Waals surface area contributed by atoms with Crippen molar-refractivity contribution in [2.45, 2.75) is 26.8 Å². The van der Waals surface area contributed by atoms with E-state index >= 15 is 0 Å². The molecule has 0 aliphatic heterocycles. The zero-order chi connectivity index (χ0) is 14.6. The lowest BCUT2D eigenvalue weighted by molar-refractivity contribution is -0.122. The van der Waals surface area contributed by atoms with Gasteiger partial charge in [-0.05, 0) is 17.9 Å². The predicted octanol–water partition coefficient (Wildman–Crippen LogP) is 1.56. The minimum atomic E-state index is -0.101. The molecule has 2 N–H and O–H groups in total. The summed E-state index contributed by atoms with van der Waals surface area (Å²) >= 11 is 0. The number of rotatable bonds is 6. The highest BCUT2D eigenvalue weighted by atomic mass is 16.3. The van der Waals surface area contributed by atoms with Crippen molar-refractivity contribution < 1.29 is 9.90 Å². The molecule has 0 fully saturated rings. The third-order valence-corrected chi connectivity index (χ3v) is 3.40. The Balaban J connectivity index is 1.95. The second-order valence-corrected chi connectivity index (χ2v) is 5.78. The molecule has 2 aromatic rings. The van der Waals surface area contributed by atoms with Crippen LogP contribution in [0.15, 0.2) is 30.5 Å². The Labute approximate surface area is 118 Å². The van der Waals surface area contributed by atoms with Gasteiger partial charge in [-0.2, -0.15) is 5.10 Å². The molecule has 0 atom stereocenters. The molecule has 1 amide bonds. The van der Waals surface area contributed by atoms with Crippen LogP contribution in [0, 0.1) is 5.41 Å². The van der Waals surface area contributed by atoms with Crippen molar-refractivity contribution in [1.82, 2.24) is 15.1 Å². The van der Waals surface area contributed by atoms with Crippen LogP contribution >= 0.6 is 0 Å². The number of aromatic nitrogens is 2. The summed E-state index contributed by atoms with van der Waals surface area (Å²) in [7, 11) is 0. The lowest BCUT2D eigenvalue weighted by Gasteiger charge is -2.23. The lowest BCUT2D eigenvalue weighted by atomic mass is 9.90. The number of carbonyl (C=O) groups is 1. The van der Waals surface area contributed by atoms with Gasteiger partial charge in [-0.3, -0.25) is 9.48 Å². The molecule has 1 aromatic carbocycles. The molecular formula is C15H21N3O2. The van der Waals surface area contributed by atoms with Crippen LogP contribution in [0.2, 0.25) is 0 Å². The zero-order valence-electron chi connectivity index (χ0n) is 12.0. The van der Waals surface area contributed by atoms with Crippen molar-refractivity contribution in [2.75, 3.05) is 13.2 Å². The average Bonchev–Trinajstić information content (AvgIpc) is 2.80. The fourth-order valence-electron chi connectivity index (χ4n) is 2.07. The average molecular weight is 275 g/mol. The van der Waals surface area contributed by atoms with Crippen LogP contribution in [-0.2, 0) is 11.3 Å². The molecule has 2 rings (SSSR count). The van der Waals surface area contributed by atoms with Gasteiger partial charge in [-0.1, -0.05) is 32.0 Å². The van der Waals surface area contributed by atoms with E-state index in [9.17, 15) is 4.79 Å². The van der Waals surface area contributed by atoms with Crippen molar-refractivity contribution in [1.29, 1.82) is 0 Å². The van der Waals surface area contributed by atoms with Crippen LogP contribution in [-0.4, -0.2) is 33.9 Å². The van der Waals surface area contributed by atoms with Gasteiger partial charge in [0.1, 0.15) is 6.54 Å². The van der Waals surface area contributed by atoms with E-state index in [1.54, 1.807) is 10.9 Å². The number of aliphatic hydroxyl groups is 1. The molecular weight excluding hydrogens is 254 g/mol. The van der Waals surface area contributed by atoms with Gasteiger partial charge in [0.15, 0.2) is 0 Å². The first kappa shape index (κ1) is 14.5. The van der Waals surface area contributed by atoms with Gasteiger partial charge in [0, 0.05) is 18.5 Å². The second-order valence-electron chi connectivity index (χ2n) is 5.78. The van der Waals surface area contributed by atoms with E-state index in [4.69, 9.17) is 5.11 Å². The standard InChI is InChI=1S/C15H21N3O2/c1-15(2,7-8-19)11-16-14(20)10-18-13-6-4-3-5-12(13)9-17-18/h3-6,9,19H,7-8,10-11H2,1-2H3,(H,16,20). The van der Waals surface area contributed by atoms with Gasteiger partial charge >= 0.3 is 0 Å². The first-order chi connectivity index (χ1) is 9.52. The summed E-state index contributed by atoms with van der Waals surface area (Å²) in [5.74, 6) is -0.0649. The van der Waals surface area contributed by atoms with E-state index in [2.05, 4.69) is 10.4 Å². The summed E-state index contributed by atoms with van der Waals surface area (Å²) in [6, 6.07) is 7.81. The maximum absolute atomic E-state index is 12.0. The number of carbonyl (C=O) groups excluding carboxylic acids is 1. The van der Waals surface area contributed by atoms with Gasteiger partial charge in [0.2, 0.25) is 5.91 Å². The van der Waals surface area contributed by atoms with Crippen molar-refractivity contribution in [3.63, 3.8) is 0 Å². The van der Waals surface area contributed by atoms with Crippen LogP contribution < -0.4 is 5.32 Å². The smallest absolute Gasteiger partial charge is 0.241 e.